The van der Waals surface area contributed by atoms with E-state index >= 15 is 0 Å². The molecule has 5 heteroatoms. The summed E-state index contributed by atoms with van der Waals surface area (Å²) in [4.78, 5) is 10.2. The molecule has 1 fully saturated rings. The van der Waals surface area contributed by atoms with E-state index in [4.69, 9.17) is 5.26 Å². The normalized spacial score (nSPS) is 15.6. The van der Waals surface area contributed by atoms with Gasteiger partial charge in [-0.3, -0.25) is 10.1 Å². The lowest BCUT2D eigenvalue weighted by atomic mass is 10.0. The summed E-state index contributed by atoms with van der Waals surface area (Å²) in [7, 11) is 0. The third-order valence-electron chi connectivity index (χ3n) is 3.73. The second kappa shape index (κ2) is 5.27. The fourth-order valence-corrected chi connectivity index (χ4v) is 2.40. The first kappa shape index (κ1) is 13.3. The molecule has 0 atom stereocenters. The van der Waals surface area contributed by atoms with E-state index in [1.165, 1.54) is 31.4 Å². The summed E-state index contributed by atoms with van der Waals surface area (Å²) in [5.41, 5.74) is 1.36. The van der Waals surface area contributed by atoms with Crippen LogP contribution in [0.2, 0.25) is 0 Å². The van der Waals surface area contributed by atoms with Crippen LogP contribution < -0.4 is 5.32 Å². The molecule has 1 aromatic rings. The summed E-state index contributed by atoms with van der Waals surface area (Å²) < 4.78 is 0. The lowest BCUT2D eigenvalue weighted by Gasteiger charge is -2.16. The third-order valence-corrected chi connectivity index (χ3v) is 3.73. The fourth-order valence-electron chi connectivity index (χ4n) is 2.40. The second-order valence-electron chi connectivity index (χ2n) is 5.20. The Morgan fingerprint density at radius 2 is 2.26 bits per heavy atom. The molecule has 100 valence electrons. The van der Waals surface area contributed by atoms with Crippen molar-refractivity contribution in [1.82, 2.24) is 0 Å². The Morgan fingerprint density at radius 3 is 2.79 bits per heavy atom. The smallest absolute Gasteiger partial charge is 0.270 e. The van der Waals surface area contributed by atoms with Gasteiger partial charge in [0.15, 0.2) is 0 Å². The Balaban J connectivity index is 2.08. The van der Waals surface area contributed by atoms with E-state index in [2.05, 4.69) is 12.2 Å². The Hall–Kier alpha value is -2.09. The van der Waals surface area contributed by atoms with E-state index in [0.29, 0.717) is 16.7 Å². The van der Waals surface area contributed by atoms with Gasteiger partial charge in [-0.25, -0.2) is 0 Å². The van der Waals surface area contributed by atoms with Crippen molar-refractivity contribution in [2.75, 3.05) is 11.9 Å². The molecule has 1 aromatic carbocycles. The quantitative estimate of drug-likeness (QED) is 0.626. The topological polar surface area (TPSA) is 79.0 Å². The van der Waals surface area contributed by atoms with Crippen LogP contribution in [-0.4, -0.2) is 11.5 Å². The monoisotopic (exact) mass is 259 g/mol. The highest BCUT2D eigenvalue weighted by Gasteiger charge is 2.41. The van der Waals surface area contributed by atoms with Crippen molar-refractivity contribution in [2.24, 2.45) is 5.41 Å². The van der Waals surface area contributed by atoms with Crippen LogP contribution in [0, 0.1) is 26.9 Å². The van der Waals surface area contributed by atoms with Gasteiger partial charge in [-0.15, -0.1) is 0 Å². The lowest BCUT2D eigenvalue weighted by Crippen LogP contribution is -2.15. The zero-order valence-electron chi connectivity index (χ0n) is 11.0. The molecule has 1 saturated carbocycles. The summed E-state index contributed by atoms with van der Waals surface area (Å²) >= 11 is 0. The Labute approximate surface area is 112 Å². The number of nitro groups is 1. The zero-order chi connectivity index (χ0) is 13.9. The predicted octanol–water partition coefficient (Wildman–Crippen LogP) is 3.46. The molecule has 0 saturated heterocycles. The molecule has 0 bridgehead atoms. The standard InChI is InChI=1S/C14H17N3O2/c1-2-5-14(6-7-14)10-16-13-4-3-12(17(18)19)8-11(13)9-15/h3-4,8,16H,2,5-7,10H2,1H3. The van der Waals surface area contributed by atoms with Crippen molar-refractivity contribution in [3.8, 4) is 6.07 Å². The predicted molar refractivity (Wildman–Crippen MR) is 72.9 cm³/mol. The lowest BCUT2D eigenvalue weighted by molar-refractivity contribution is -0.384. The van der Waals surface area contributed by atoms with E-state index in [1.54, 1.807) is 6.07 Å². The molecule has 19 heavy (non-hydrogen) atoms. The van der Waals surface area contributed by atoms with Gasteiger partial charge in [0.2, 0.25) is 0 Å². The maximum absolute atomic E-state index is 10.7. The van der Waals surface area contributed by atoms with Gasteiger partial charge in [-0.2, -0.15) is 5.26 Å². The highest BCUT2D eigenvalue weighted by atomic mass is 16.6. The van der Waals surface area contributed by atoms with Crippen molar-refractivity contribution >= 4 is 11.4 Å². The summed E-state index contributed by atoms with van der Waals surface area (Å²) in [6.07, 6.45) is 4.80. The van der Waals surface area contributed by atoms with Crippen LogP contribution in [-0.2, 0) is 0 Å². The van der Waals surface area contributed by atoms with Crippen LogP contribution in [0.4, 0.5) is 11.4 Å². The van der Waals surface area contributed by atoms with Gasteiger partial charge in [-0.1, -0.05) is 13.3 Å². The average Bonchev–Trinajstić information content (AvgIpc) is 3.16. The number of nitrogens with one attached hydrogen (secondary N) is 1. The van der Waals surface area contributed by atoms with Gasteiger partial charge >= 0.3 is 0 Å². The number of hydrogen-bond donors (Lipinski definition) is 1. The molecule has 0 aromatic heterocycles. The number of non-ortho nitro benzene ring substituents is 1. The summed E-state index contributed by atoms with van der Waals surface area (Å²) in [6.45, 7) is 3.01. The van der Waals surface area contributed by atoms with E-state index in [9.17, 15) is 10.1 Å². The summed E-state index contributed by atoms with van der Waals surface area (Å²) in [6, 6.07) is 6.39. The highest BCUT2D eigenvalue weighted by Crippen LogP contribution is 2.49. The van der Waals surface area contributed by atoms with Crippen LogP contribution in [0.3, 0.4) is 0 Å². The first-order valence-corrected chi connectivity index (χ1v) is 6.53. The van der Waals surface area contributed by atoms with Crippen LogP contribution in [0.5, 0.6) is 0 Å². The van der Waals surface area contributed by atoms with E-state index < -0.39 is 4.92 Å². The minimum atomic E-state index is -0.482. The fraction of sp³-hybridized carbons (Fsp3) is 0.500. The van der Waals surface area contributed by atoms with Crippen molar-refractivity contribution in [2.45, 2.75) is 32.6 Å². The van der Waals surface area contributed by atoms with Gasteiger partial charge in [0.1, 0.15) is 6.07 Å². The minimum absolute atomic E-state index is 0.0446. The third kappa shape index (κ3) is 3.02. The molecule has 0 spiro atoms. The summed E-state index contributed by atoms with van der Waals surface area (Å²) in [5, 5.41) is 23.0. The van der Waals surface area contributed by atoms with Crippen LogP contribution in [0.15, 0.2) is 18.2 Å². The van der Waals surface area contributed by atoms with Gasteiger partial charge in [0.05, 0.1) is 16.2 Å². The molecule has 5 nitrogen and oxygen atoms in total. The van der Waals surface area contributed by atoms with Crippen molar-refractivity contribution in [3.63, 3.8) is 0 Å². The largest absolute Gasteiger partial charge is 0.383 e. The number of benzene rings is 1. The van der Waals surface area contributed by atoms with Gasteiger partial charge in [0.25, 0.3) is 5.69 Å². The van der Waals surface area contributed by atoms with Crippen molar-refractivity contribution in [1.29, 1.82) is 5.26 Å². The van der Waals surface area contributed by atoms with Gasteiger partial charge in [0, 0.05) is 18.7 Å². The number of hydrogen-bond acceptors (Lipinski definition) is 4. The molecule has 2 rings (SSSR count). The van der Waals surface area contributed by atoms with Gasteiger partial charge < -0.3 is 5.32 Å². The minimum Gasteiger partial charge on any atom is -0.383 e. The molecular weight excluding hydrogens is 242 g/mol. The molecule has 0 heterocycles. The zero-order valence-corrected chi connectivity index (χ0v) is 11.0. The van der Waals surface area contributed by atoms with Crippen LogP contribution >= 0.6 is 0 Å². The van der Waals surface area contributed by atoms with E-state index in [1.807, 2.05) is 6.07 Å². The number of rotatable bonds is 6. The number of nitrogens with zero attached hydrogens (tertiary/aromatic N) is 2. The van der Waals surface area contributed by atoms with Crippen LogP contribution in [0.1, 0.15) is 38.2 Å². The molecule has 1 N–H and O–H groups in total. The van der Waals surface area contributed by atoms with Crippen LogP contribution in [0.25, 0.3) is 0 Å². The second-order valence-corrected chi connectivity index (χ2v) is 5.20. The SMILES string of the molecule is CCCC1(CNc2ccc([N+](=O)[O-])cc2C#N)CC1. The number of anilines is 1. The molecule has 1 aliphatic rings. The summed E-state index contributed by atoms with van der Waals surface area (Å²) in [5.74, 6) is 0. The first-order chi connectivity index (χ1) is 9.10. The van der Waals surface area contributed by atoms with E-state index in [0.717, 1.165) is 13.0 Å². The molecule has 0 aliphatic heterocycles. The highest BCUT2D eigenvalue weighted by molar-refractivity contribution is 5.61. The van der Waals surface area contributed by atoms with Gasteiger partial charge in [-0.05, 0) is 30.7 Å². The first-order valence-electron chi connectivity index (χ1n) is 6.53. The number of nitro benzene ring substituents is 1. The van der Waals surface area contributed by atoms with Crippen molar-refractivity contribution in [3.05, 3.63) is 33.9 Å². The van der Waals surface area contributed by atoms with E-state index in [-0.39, 0.29) is 5.69 Å². The molecule has 0 amide bonds. The molecule has 0 radical (unpaired) electrons. The average molecular weight is 259 g/mol. The molecular formula is C14H17N3O2. The Bertz CT molecular complexity index is 530. The molecule has 1 aliphatic carbocycles. The maximum atomic E-state index is 10.7. The van der Waals surface area contributed by atoms with Crippen molar-refractivity contribution < 1.29 is 4.92 Å². The number of nitriles is 1. The Kier molecular flexibility index (Phi) is 3.70. The maximum Gasteiger partial charge on any atom is 0.270 e. The molecule has 0 unspecified atom stereocenters. The Morgan fingerprint density at radius 1 is 1.53 bits per heavy atom.